The highest BCUT2D eigenvalue weighted by molar-refractivity contribution is 7.14. The molecule has 2 aromatic heterocycles. The zero-order valence-electron chi connectivity index (χ0n) is 14.3. The average Bonchev–Trinajstić information content (AvgIpc) is 3.02. The van der Waals surface area contributed by atoms with Crippen molar-refractivity contribution in [3.63, 3.8) is 0 Å². The summed E-state index contributed by atoms with van der Waals surface area (Å²) in [4.78, 5) is 24.8. The van der Waals surface area contributed by atoms with Gasteiger partial charge in [0.1, 0.15) is 5.69 Å². The second-order valence-electron chi connectivity index (χ2n) is 5.67. The van der Waals surface area contributed by atoms with Gasteiger partial charge >= 0.3 is 6.18 Å². The molecule has 0 aliphatic heterocycles. The number of hydrogen-bond acceptors (Lipinski definition) is 6. The minimum Gasteiger partial charge on any atom is -0.321 e. The van der Waals surface area contributed by atoms with Gasteiger partial charge in [-0.1, -0.05) is 0 Å². The van der Waals surface area contributed by atoms with Gasteiger partial charge in [0.2, 0.25) is 5.95 Å². The summed E-state index contributed by atoms with van der Waals surface area (Å²) in [6.45, 7) is 3.68. The molecule has 0 fully saturated rings. The zero-order valence-corrected chi connectivity index (χ0v) is 15.1. The van der Waals surface area contributed by atoms with E-state index in [0.717, 1.165) is 23.5 Å². The van der Waals surface area contributed by atoms with Crippen LogP contribution >= 0.6 is 11.3 Å². The Kier molecular flexibility index (Phi) is 5.08. The fraction of sp³-hybridized carbons (Fsp3) is 0.176. The van der Waals surface area contributed by atoms with Crippen molar-refractivity contribution in [3.05, 3.63) is 58.4 Å². The highest BCUT2D eigenvalue weighted by atomic mass is 32.1. The van der Waals surface area contributed by atoms with E-state index in [0.29, 0.717) is 11.1 Å². The summed E-state index contributed by atoms with van der Waals surface area (Å²) in [5.74, 6) is -0.156. The minimum atomic E-state index is -4.42. The van der Waals surface area contributed by atoms with Gasteiger partial charge in [-0.15, -0.1) is 11.3 Å². The molecule has 0 atom stereocenters. The monoisotopic (exact) mass is 393 g/mol. The number of aromatic nitrogens is 3. The number of hydrogen-bond donors (Lipinski definition) is 2. The second-order valence-corrected chi connectivity index (χ2v) is 6.52. The molecular weight excluding hydrogens is 379 g/mol. The largest absolute Gasteiger partial charge is 0.416 e. The molecule has 0 aliphatic rings. The molecule has 1 amide bonds. The van der Waals surface area contributed by atoms with Gasteiger partial charge in [0.25, 0.3) is 5.91 Å². The van der Waals surface area contributed by atoms with Gasteiger partial charge in [-0.3, -0.25) is 4.79 Å². The lowest BCUT2D eigenvalue weighted by atomic mass is 10.2. The number of nitrogens with one attached hydrogen (secondary N) is 2. The number of benzene rings is 1. The fourth-order valence-electron chi connectivity index (χ4n) is 2.25. The van der Waals surface area contributed by atoms with E-state index in [-0.39, 0.29) is 11.4 Å². The lowest BCUT2D eigenvalue weighted by Gasteiger charge is -2.08. The van der Waals surface area contributed by atoms with Gasteiger partial charge in [-0.25, -0.2) is 15.0 Å². The van der Waals surface area contributed by atoms with E-state index in [1.165, 1.54) is 28.8 Å². The van der Waals surface area contributed by atoms with Crippen molar-refractivity contribution in [1.29, 1.82) is 0 Å². The van der Waals surface area contributed by atoms with Crippen molar-refractivity contribution in [2.45, 2.75) is 20.0 Å². The van der Waals surface area contributed by atoms with Crippen molar-refractivity contribution in [1.82, 2.24) is 15.0 Å². The fourth-order valence-corrected chi connectivity index (χ4v) is 2.93. The number of alkyl halides is 3. The van der Waals surface area contributed by atoms with Gasteiger partial charge in [0.05, 0.1) is 5.56 Å². The Labute approximate surface area is 156 Å². The smallest absolute Gasteiger partial charge is 0.321 e. The molecular formula is C17H14F3N5OS. The maximum Gasteiger partial charge on any atom is 0.416 e. The Hall–Kier alpha value is -3.01. The first-order valence-electron chi connectivity index (χ1n) is 7.74. The van der Waals surface area contributed by atoms with Gasteiger partial charge < -0.3 is 10.6 Å². The van der Waals surface area contributed by atoms with Crippen LogP contribution in [0.4, 0.5) is 29.9 Å². The summed E-state index contributed by atoms with van der Waals surface area (Å²) < 4.78 is 37.7. The van der Waals surface area contributed by atoms with E-state index in [4.69, 9.17) is 0 Å². The highest BCUT2D eigenvalue weighted by Crippen LogP contribution is 2.30. The van der Waals surface area contributed by atoms with E-state index in [9.17, 15) is 18.0 Å². The Morgan fingerprint density at radius 3 is 2.26 bits per heavy atom. The number of carbonyl (C=O) groups is 1. The number of thiazole rings is 1. The molecule has 0 unspecified atom stereocenters. The van der Waals surface area contributed by atoms with Crippen LogP contribution in [0.3, 0.4) is 0 Å². The van der Waals surface area contributed by atoms with Crippen LogP contribution < -0.4 is 10.6 Å². The van der Waals surface area contributed by atoms with E-state index < -0.39 is 17.6 Å². The molecule has 0 spiro atoms. The normalized spacial score (nSPS) is 11.3. The quantitative estimate of drug-likeness (QED) is 0.679. The molecule has 10 heteroatoms. The highest BCUT2D eigenvalue weighted by Gasteiger charge is 2.30. The van der Waals surface area contributed by atoms with E-state index in [1.54, 1.807) is 0 Å². The van der Waals surface area contributed by atoms with Crippen LogP contribution in [0.15, 0.2) is 35.7 Å². The molecule has 27 heavy (non-hydrogen) atoms. The molecule has 0 radical (unpaired) electrons. The lowest BCUT2D eigenvalue weighted by molar-refractivity contribution is -0.137. The Bertz CT molecular complexity index is 949. The minimum absolute atomic E-state index is 0.131. The van der Waals surface area contributed by atoms with Crippen LogP contribution in [0, 0.1) is 13.8 Å². The van der Waals surface area contributed by atoms with E-state index in [2.05, 4.69) is 25.6 Å². The molecule has 0 bridgehead atoms. The Morgan fingerprint density at radius 2 is 1.67 bits per heavy atom. The number of carbonyl (C=O) groups excluding carboxylic acids is 1. The summed E-state index contributed by atoms with van der Waals surface area (Å²) in [6, 6.07) is 6.02. The summed E-state index contributed by atoms with van der Waals surface area (Å²) in [5.41, 5.74) is 1.18. The van der Waals surface area contributed by atoms with E-state index >= 15 is 0 Å². The van der Waals surface area contributed by atoms with Crippen molar-refractivity contribution >= 4 is 34.0 Å². The molecule has 1 aromatic carbocycles. The van der Waals surface area contributed by atoms with Crippen LogP contribution in [-0.4, -0.2) is 20.9 Å². The zero-order chi connectivity index (χ0) is 19.6. The number of amides is 1. The molecule has 6 nitrogen and oxygen atoms in total. The first-order valence-corrected chi connectivity index (χ1v) is 8.62. The van der Waals surface area contributed by atoms with Gasteiger partial charge in [-0.05, 0) is 44.2 Å². The lowest BCUT2D eigenvalue weighted by Crippen LogP contribution is -2.13. The van der Waals surface area contributed by atoms with Crippen LogP contribution in [0.5, 0.6) is 0 Å². The maximum atomic E-state index is 12.6. The molecule has 140 valence electrons. The third kappa shape index (κ3) is 4.79. The van der Waals surface area contributed by atoms with Crippen molar-refractivity contribution in [2.24, 2.45) is 0 Å². The molecule has 0 aliphatic carbocycles. The molecule has 3 rings (SSSR count). The van der Waals surface area contributed by atoms with Crippen LogP contribution in [0.2, 0.25) is 0 Å². The molecule has 0 saturated heterocycles. The first-order chi connectivity index (χ1) is 12.7. The first kappa shape index (κ1) is 18.8. The predicted octanol–water partition coefficient (Wildman–Crippen LogP) is 4.56. The predicted molar refractivity (Wildman–Crippen MR) is 96.3 cm³/mol. The van der Waals surface area contributed by atoms with Crippen molar-refractivity contribution in [2.75, 3.05) is 10.6 Å². The van der Waals surface area contributed by atoms with Crippen LogP contribution in [-0.2, 0) is 6.18 Å². The maximum absolute atomic E-state index is 12.6. The average molecular weight is 393 g/mol. The summed E-state index contributed by atoms with van der Waals surface area (Å²) >= 11 is 1.19. The molecule has 2 N–H and O–H groups in total. The SMILES string of the molecule is Cc1cc(C)nc(Nc2nc(C(=O)Nc3ccc(C(F)(F)F)cc3)cs2)n1. The topological polar surface area (TPSA) is 79.8 Å². The number of anilines is 3. The third-order valence-electron chi connectivity index (χ3n) is 3.41. The number of rotatable bonds is 4. The van der Waals surface area contributed by atoms with Gasteiger partial charge in [0.15, 0.2) is 5.13 Å². The molecule has 2 heterocycles. The van der Waals surface area contributed by atoms with E-state index in [1.807, 2.05) is 19.9 Å². The Morgan fingerprint density at radius 1 is 1.04 bits per heavy atom. The van der Waals surface area contributed by atoms with Gasteiger partial charge in [-0.2, -0.15) is 13.2 Å². The standard InChI is InChI=1S/C17H14F3N5OS/c1-9-7-10(2)22-15(21-9)25-16-24-13(8-27-16)14(26)23-12-5-3-11(4-6-12)17(18,19)20/h3-8H,1-2H3,(H,23,26)(H,21,22,24,25). The van der Waals surface area contributed by atoms with Crippen molar-refractivity contribution in [3.8, 4) is 0 Å². The molecule has 3 aromatic rings. The number of nitrogens with zero attached hydrogens (tertiary/aromatic N) is 3. The summed E-state index contributed by atoms with van der Waals surface area (Å²) in [6.07, 6.45) is -4.42. The Balaban J connectivity index is 1.68. The van der Waals surface area contributed by atoms with Crippen molar-refractivity contribution < 1.29 is 18.0 Å². The number of aryl methyl sites for hydroxylation is 2. The van der Waals surface area contributed by atoms with Crippen LogP contribution in [0.25, 0.3) is 0 Å². The number of halogens is 3. The third-order valence-corrected chi connectivity index (χ3v) is 4.17. The summed E-state index contributed by atoms with van der Waals surface area (Å²) in [7, 11) is 0. The van der Waals surface area contributed by atoms with Crippen LogP contribution in [0.1, 0.15) is 27.4 Å². The second kappa shape index (κ2) is 7.31. The molecule has 0 saturated carbocycles. The van der Waals surface area contributed by atoms with Gasteiger partial charge in [0, 0.05) is 22.5 Å². The summed E-state index contributed by atoms with van der Waals surface area (Å²) in [5, 5.41) is 7.40.